The highest BCUT2D eigenvalue weighted by atomic mass is 79.9. The van der Waals surface area contributed by atoms with Gasteiger partial charge < -0.3 is 5.32 Å². The highest BCUT2D eigenvalue weighted by Crippen LogP contribution is 2.25. The molecule has 1 rings (SSSR count). The monoisotopic (exact) mass is 275 g/mol. The second kappa shape index (κ2) is 5.74. The third-order valence-electron chi connectivity index (χ3n) is 2.14. The molecule has 1 N–H and O–H groups in total. The molecule has 0 aliphatic heterocycles. The number of hydrogen-bond donors (Lipinski definition) is 1. The van der Waals surface area contributed by atoms with Crippen molar-refractivity contribution in [3.05, 3.63) is 33.3 Å². The van der Waals surface area contributed by atoms with Gasteiger partial charge in [0, 0.05) is 10.5 Å². The minimum atomic E-state index is 0.378. The standard InChI is InChI=1S/C11H15BrClN/c1-3-6-14-8(2)9-4-5-11(13)10(12)7-9/h4-5,7-8,14H,3,6H2,1-2H3. The van der Waals surface area contributed by atoms with E-state index in [0.29, 0.717) is 6.04 Å². The van der Waals surface area contributed by atoms with Gasteiger partial charge in [0.25, 0.3) is 0 Å². The molecule has 0 heterocycles. The van der Waals surface area contributed by atoms with Crippen molar-refractivity contribution < 1.29 is 0 Å². The van der Waals surface area contributed by atoms with Crippen LogP contribution in [0.1, 0.15) is 31.9 Å². The Morgan fingerprint density at radius 3 is 2.79 bits per heavy atom. The van der Waals surface area contributed by atoms with Crippen molar-refractivity contribution in [3.8, 4) is 0 Å². The van der Waals surface area contributed by atoms with Crippen molar-refractivity contribution >= 4 is 27.5 Å². The Labute approximate surface area is 99.0 Å². The molecule has 14 heavy (non-hydrogen) atoms. The van der Waals surface area contributed by atoms with E-state index in [1.54, 1.807) is 0 Å². The van der Waals surface area contributed by atoms with Gasteiger partial charge in [-0.2, -0.15) is 0 Å². The molecule has 0 amide bonds. The lowest BCUT2D eigenvalue weighted by atomic mass is 10.1. The molecule has 0 saturated heterocycles. The van der Waals surface area contributed by atoms with Crippen LogP contribution in [-0.4, -0.2) is 6.54 Å². The van der Waals surface area contributed by atoms with Crippen molar-refractivity contribution in [1.29, 1.82) is 0 Å². The third kappa shape index (κ3) is 3.26. The zero-order valence-corrected chi connectivity index (χ0v) is 10.8. The quantitative estimate of drug-likeness (QED) is 0.870. The van der Waals surface area contributed by atoms with Gasteiger partial charge in [-0.25, -0.2) is 0 Å². The second-order valence-corrected chi connectivity index (χ2v) is 4.61. The average molecular weight is 277 g/mol. The van der Waals surface area contributed by atoms with E-state index >= 15 is 0 Å². The van der Waals surface area contributed by atoms with Crippen molar-refractivity contribution in [1.82, 2.24) is 5.32 Å². The van der Waals surface area contributed by atoms with Crippen LogP contribution in [0.25, 0.3) is 0 Å². The van der Waals surface area contributed by atoms with Crippen LogP contribution in [-0.2, 0) is 0 Å². The van der Waals surface area contributed by atoms with Gasteiger partial charge in [0.15, 0.2) is 0 Å². The molecule has 1 unspecified atom stereocenters. The van der Waals surface area contributed by atoms with E-state index < -0.39 is 0 Å². The Kier molecular flexibility index (Phi) is 4.93. The molecule has 78 valence electrons. The fourth-order valence-electron chi connectivity index (χ4n) is 1.26. The Morgan fingerprint density at radius 2 is 2.21 bits per heavy atom. The summed E-state index contributed by atoms with van der Waals surface area (Å²) in [4.78, 5) is 0. The van der Waals surface area contributed by atoms with Crippen LogP contribution < -0.4 is 5.32 Å². The van der Waals surface area contributed by atoms with E-state index in [2.05, 4.69) is 47.2 Å². The first kappa shape index (κ1) is 12.0. The van der Waals surface area contributed by atoms with Gasteiger partial charge in [-0.3, -0.25) is 0 Å². The van der Waals surface area contributed by atoms with Gasteiger partial charge in [0.1, 0.15) is 0 Å². The van der Waals surface area contributed by atoms with E-state index in [-0.39, 0.29) is 0 Å². The third-order valence-corrected chi connectivity index (χ3v) is 3.36. The summed E-state index contributed by atoms with van der Waals surface area (Å²) in [5.74, 6) is 0. The van der Waals surface area contributed by atoms with Gasteiger partial charge in [0.2, 0.25) is 0 Å². The van der Waals surface area contributed by atoms with Gasteiger partial charge in [0.05, 0.1) is 5.02 Å². The fraction of sp³-hybridized carbons (Fsp3) is 0.455. The Bertz CT molecular complexity index is 301. The second-order valence-electron chi connectivity index (χ2n) is 3.35. The van der Waals surface area contributed by atoms with Crippen LogP contribution in [0, 0.1) is 0 Å². The SMILES string of the molecule is CCCNC(C)c1ccc(Cl)c(Br)c1. The molecule has 3 heteroatoms. The molecule has 1 nitrogen and oxygen atoms in total. The van der Waals surface area contributed by atoms with Crippen LogP contribution in [0.15, 0.2) is 22.7 Å². The van der Waals surface area contributed by atoms with Gasteiger partial charge >= 0.3 is 0 Å². The van der Waals surface area contributed by atoms with E-state index in [9.17, 15) is 0 Å². The fourth-order valence-corrected chi connectivity index (χ4v) is 1.77. The summed E-state index contributed by atoms with van der Waals surface area (Å²) in [6, 6.07) is 6.42. The minimum Gasteiger partial charge on any atom is -0.310 e. The summed E-state index contributed by atoms with van der Waals surface area (Å²) in [6.07, 6.45) is 1.15. The first-order valence-electron chi connectivity index (χ1n) is 4.83. The average Bonchev–Trinajstić information content (AvgIpc) is 2.18. The first-order valence-corrected chi connectivity index (χ1v) is 6.00. The summed E-state index contributed by atoms with van der Waals surface area (Å²) in [5, 5.41) is 4.19. The highest BCUT2D eigenvalue weighted by molar-refractivity contribution is 9.10. The maximum Gasteiger partial charge on any atom is 0.0548 e. The largest absolute Gasteiger partial charge is 0.310 e. The van der Waals surface area contributed by atoms with Crippen LogP contribution in [0.5, 0.6) is 0 Å². The zero-order chi connectivity index (χ0) is 10.6. The Balaban J connectivity index is 2.70. The van der Waals surface area contributed by atoms with Crippen LogP contribution in [0.2, 0.25) is 5.02 Å². The van der Waals surface area contributed by atoms with Gasteiger partial charge in [-0.05, 0) is 53.5 Å². The van der Waals surface area contributed by atoms with Crippen LogP contribution >= 0.6 is 27.5 Å². The lowest BCUT2D eigenvalue weighted by Crippen LogP contribution is -2.19. The van der Waals surface area contributed by atoms with E-state index in [1.165, 1.54) is 5.56 Å². The van der Waals surface area contributed by atoms with Crippen molar-refractivity contribution in [2.45, 2.75) is 26.3 Å². The molecular weight excluding hydrogens is 261 g/mol. The highest BCUT2D eigenvalue weighted by Gasteiger charge is 2.05. The molecular formula is C11H15BrClN. The minimum absolute atomic E-state index is 0.378. The molecule has 1 aromatic rings. The lowest BCUT2D eigenvalue weighted by molar-refractivity contribution is 0.570. The normalized spacial score (nSPS) is 12.9. The molecule has 0 radical (unpaired) electrons. The van der Waals surface area contributed by atoms with Crippen LogP contribution in [0.4, 0.5) is 0 Å². The smallest absolute Gasteiger partial charge is 0.0548 e. The summed E-state index contributed by atoms with van der Waals surface area (Å²) >= 11 is 9.35. The molecule has 0 bridgehead atoms. The summed E-state index contributed by atoms with van der Waals surface area (Å²) in [5.41, 5.74) is 1.26. The maximum absolute atomic E-state index is 5.92. The summed E-state index contributed by atoms with van der Waals surface area (Å²) in [7, 11) is 0. The van der Waals surface area contributed by atoms with Gasteiger partial charge in [-0.1, -0.05) is 24.6 Å². The molecule has 0 fully saturated rings. The number of rotatable bonds is 4. The molecule has 1 atom stereocenters. The number of hydrogen-bond acceptors (Lipinski definition) is 1. The van der Waals surface area contributed by atoms with Crippen LogP contribution in [0.3, 0.4) is 0 Å². The Morgan fingerprint density at radius 1 is 1.50 bits per heavy atom. The van der Waals surface area contributed by atoms with Crippen molar-refractivity contribution in [3.63, 3.8) is 0 Å². The molecule has 1 aromatic carbocycles. The maximum atomic E-state index is 5.92. The summed E-state index contributed by atoms with van der Waals surface area (Å²) < 4.78 is 0.960. The predicted molar refractivity (Wildman–Crippen MR) is 65.9 cm³/mol. The van der Waals surface area contributed by atoms with Gasteiger partial charge in [-0.15, -0.1) is 0 Å². The molecule has 0 aromatic heterocycles. The van der Waals surface area contributed by atoms with E-state index in [0.717, 1.165) is 22.5 Å². The van der Waals surface area contributed by atoms with E-state index in [1.807, 2.05) is 6.07 Å². The summed E-state index contributed by atoms with van der Waals surface area (Å²) in [6.45, 7) is 5.37. The predicted octanol–water partition coefficient (Wildman–Crippen LogP) is 4.16. The number of halogens is 2. The molecule has 0 aliphatic rings. The number of nitrogens with one attached hydrogen (secondary N) is 1. The Hall–Kier alpha value is -0.0500. The van der Waals surface area contributed by atoms with E-state index in [4.69, 9.17) is 11.6 Å². The lowest BCUT2D eigenvalue weighted by Gasteiger charge is -2.14. The zero-order valence-electron chi connectivity index (χ0n) is 8.48. The molecule has 0 saturated carbocycles. The van der Waals surface area contributed by atoms with Crippen molar-refractivity contribution in [2.75, 3.05) is 6.54 Å². The topological polar surface area (TPSA) is 12.0 Å². The molecule has 0 aliphatic carbocycles. The molecule has 0 spiro atoms. The van der Waals surface area contributed by atoms with Crippen molar-refractivity contribution in [2.24, 2.45) is 0 Å². The number of benzene rings is 1. The first-order chi connectivity index (χ1) is 6.65.